The van der Waals surface area contributed by atoms with Gasteiger partial charge in [0.05, 0.1) is 6.54 Å². The Labute approximate surface area is 109 Å². The number of para-hydroxylation sites is 1. The second kappa shape index (κ2) is 4.89. The Morgan fingerprint density at radius 2 is 1.78 bits per heavy atom. The lowest BCUT2D eigenvalue weighted by Gasteiger charge is -2.23. The minimum Gasteiger partial charge on any atom is -0.465 e. The number of nitrogens with one attached hydrogen (secondary N) is 1. The van der Waals surface area contributed by atoms with Crippen molar-refractivity contribution in [2.24, 2.45) is 0 Å². The predicted octanol–water partition coefficient (Wildman–Crippen LogP) is 4.50. The van der Waals surface area contributed by atoms with Crippen LogP contribution in [0.1, 0.15) is 37.9 Å². The lowest BCUT2D eigenvalue weighted by atomic mass is 9.86. The highest BCUT2D eigenvalue weighted by atomic mass is 16.3. The highest BCUT2D eigenvalue weighted by Crippen LogP contribution is 2.29. The molecule has 0 unspecified atom stereocenters. The zero-order chi connectivity index (χ0) is 13.2. The van der Waals surface area contributed by atoms with E-state index in [1.165, 1.54) is 11.3 Å². The third-order valence-electron chi connectivity index (χ3n) is 2.98. The van der Waals surface area contributed by atoms with E-state index in [4.69, 9.17) is 4.42 Å². The van der Waals surface area contributed by atoms with E-state index in [2.05, 4.69) is 50.4 Å². The zero-order valence-electron chi connectivity index (χ0n) is 11.6. The normalized spacial score (nSPS) is 11.6. The monoisotopic (exact) mass is 243 g/mol. The molecule has 1 N–H and O–H groups in total. The summed E-state index contributed by atoms with van der Waals surface area (Å²) in [5, 5.41) is 3.46. The molecule has 2 aromatic rings. The molecular formula is C16H21NO. The van der Waals surface area contributed by atoms with Gasteiger partial charge in [-0.05, 0) is 36.1 Å². The number of anilines is 1. The van der Waals surface area contributed by atoms with Crippen molar-refractivity contribution < 1.29 is 4.42 Å². The lowest BCUT2D eigenvalue weighted by Crippen LogP contribution is -2.14. The second-order valence-electron chi connectivity index (χ2n) is 5.66. The van der Waals surface area contributed by atoms with E-state index in [0.29, 0.717) is 0 Å². The third kappa shape index (κ3) is 2.95. The smallest absolute Gasteiger partial charge is 0.123 e. The van der Waals surface area contributed by atoms with Crippen LogP contribution >= 0.6 is 0 Å². The van der Waals surface area contributed by atoms with Gasteiger partial charge in [-0.25, -0.2) is 0 Å². The average Bonchev–Trinajstić information content (AvgIpc) is 2.72. The fraction of sp³-hybridized carbons (Fsp3) is 0.375. The number of benzene rings is 1. The molecule has 0 saturated heterocycles. The molecule has 1 aromatic carbocycles. The number of aryl methyl sites for hydroxylation is 1. The summed E-state index contributed by atoms with van der Waals surface area (Å²) < 4.78 is 5.57. The van der Waals surface area contributed by atoms with Crippen molar-refractivity contribution in [3.63, 3.8) is 0 Å². The standard InChI is InChI=1S/C16H21NO/c1-12-9-10-13(18-12)11-17-15-8-6-5-7-14(15)16(2,3)4/h5-10,17H,11H2,1-4H3. The summed E-state index contributed by atoms with van der Waals surface area (Å²) in [5.74, 6) is 1.92. The first-order valence-electron chi connectivity index (χ1n) is 6.35. The summed E-state index contributed by atoms with van der Waals surface area (Å²) in [7, 11) is 0. The van der Waals surface area contributed by atoms with Crippen molar-refractivity contribution in [2.45, 2.75) is 39.7 Å². The molecule has 1 heterocycles. The maximum Gasteiger partial charge on any atom is 0.123 e. The fourth-order valence-corrected chi connectivity index (χ4v) is 2.05. The van der Waals surface area contributed by atoms with Gasteiger partial charge in [0, 0.05) is 5.69 Å². The van der Waals surface area contributed by atoms with Crippen LogP contribution in [-0.4, -0.2) is 0 Å². The summed E-state index contributed by atoms with van der Waals surface area (Å²) >= 11 is 0. The van der Waals surface area contributed by atoms with Gasteiger partial charge in [0.15, 0.2) is 0 Å². The van der Waals surface area contributed by atoms with Crippen LogP contribution in [0.25, 0.3) is 0 Å². The Morgan fingerprint density at radius 3 is 2.39 bits per heavy atom. The summed E-state index contributed by atoms with van der Waals surface area (Å²) in [6.45, 7) is 9.37. The van der Waals surface area contributed by atoms with Gasteiger partial charge in [0.1, 0.15) is 11.5 Å². The zero-order valence-corrected chi connectivity index (χ0v) is 11.6. The van der Waals surface area contributed by atoms with Gasteiger partial charge < -0.3 is 9.73 Å². The van der Waals surface area contributed by atoms with Gasteiger partial charge in [-0.15, -0.1) is 0 Å². The van der Waals surface area contributed by atoms with Crippen LogP contribution in [0.15, 0.2) is 40.8 Å². The van der Waals surface area contributed by atoms with E-state index >= 15 is 0 Å². The van der Waals surface area contributed by atoms with Crippen LogP contribution in [0, 0.1) is 6.92 Å². The summed E-state index contributed by atoms with van der Waals surface area (Å²) in [6, 6.07) is 12.5. The van der Waals surface area contributed by atoms with Crippen LogP contribution < -0.4 is 5.32 Å². The molecule has 0 spiro atoms. The van der Waals surface area contributed by atoms with Gasteiger partial charge in [0.2, 0.25) is 0 Å². The first-order chi connectivity index (χ1) is 8.47. The average molecular weight is 243 g/mol. The largest absolute Gasteiger partial charge is 0.465 e. The van der Waals surface area contributed by atoms with Crippen LogP contribution in [-0.2, 0) is 12.0 Å². The fourth-order valence-electron chi connectivity index (χ4n) is 2.05. The van der Waals surface area contributed by atoms with E-state index in [0.717, 1.165) is 18.1 Å². The minimum absolute atomic E-state index is 0.142. The molecule has 2 rings (SSSR count). The van der Waals surface area contributed by atoms with Crippen molar-refractivity contribution in [3.05, 3.63) is 53.5 Å². The molecule has 0 amide bonds. The molecule has 0 radical (unpaired) electrons. The van der Waals surface area contributed by atoms with E-state index in [1.54, 1.807) is 0 Å². The molecule has 18 heavy (non-hydrogen) atoms. The third-order valence-corrected chi connectivity index (χ3v) is 2.98. The molecule has 0 fully saturated rings. The van der Waals surface area contributed by atoms with Crippen LogP contribution in [0.3, 0.4) is 0 Å². The van der Waals surface area contributed by atoms with Crippen molar-refractivity contribution in [3.8, 4) is 0 Å². The van der Waals surface area contributed by atoms with E-state index in [9.17, 15) is 0 Å². The number of hydrogen-bond donors (Lipinski definition) is 1. The first kappa shape index (κ1) is 12.7. The summed E-state index contributed by atoms with van der Waals surface area (Å²) in [5.41, 5.74) is 2.65. The summed E-state index contributed by atoms with van der Waals surface area (Å²) in [6.07, 6.45) is 0. The Hall–Kier alpha value is -1.70. The topological polar surface area (TPSA) is 25.2 Å². The van der Waals surface area contributed by atoms with Gasteiger partial charge in [0.25, 0.3) is 0 Å². The highest BCUT2D eigenvalue weighted by molar-refractivity contribution is 5.54. The van der Waals surface area contributed by atoms with Gasteiger partial charge in [-0.1, -0.05) is 39.0 Å². The Bertz CT molecular complexity index is 520. The predicted molar refractivity (Wildman–Crippen MR) is 75.9 cm³/mol. The maximum absolute atomic E-state index is 5.57. The van der Waals surface area contributed by atoms with Gasteiger partial charge >= 0.3 is 0 Å². The SMILES string of the molecule is Cc1ccc(CNc2ccccc2C(C)(C)C)o1. The van der Waals surface area contributed by atoms with Crippen LogP contribution in [0.2, 0.25) is 0 Å². The summed E-state index contributed by atoms with van der Waals surface area (Å²) in [4.78, 5) is 0. The maximum atomic E-state index is 5.57. The molecule has 1 aromatic heterocycles. The molecule has 0 aliphatic carbocycles. The number of rotatable bonds is 3. The van der Waals surface area contributed by atoms with E-state index < -0.39 is 0 Å². The molecule has 0 bridgehead atoms. The minimum atomic E-state index is 0.142. The second-order valence-corrected chi connectivity index (χ2v) is 5.66. The van der Waals surface area contributed by atoms with Gasteiger partial charge in [-0.2, -0.15) is 0 Å². The molecule has 0 saturated carbocycles. The molecule has 2 heteroatoms. The molecular weight excluding hydrogens is 222 g/mol. The number of hydrogen-bond acceptors (Lipinski definition) is 2. The van der Waals surface area contributed by atoms with Crippen LogP contribution in [0.5, 0.6) is 0 Å². The first-order valence-corrected chi connectivity index (χ1v) is 6.35. The van der Waals surface area contributed by atoms with Crippen molar-refractivity contribution in [1.82, 2.24) is 0 Å². The van der Waals surface area contributed by atoms with Crippen molar-refractivity contribution in [1.29, 1.82) is 0 Å². The molecule has 0 aliphatic rings. The van der Waals surface area contributed by atoms with E-state index in [1.807, 2.05) is 19.1 Å². The Kier molecular flexibility index (Phi) is 3.46. The molecule has 0 aliphatic heterocycles. The van der Waals surface area contributed by atoms with Gasteiger partial charge in [-0.3, -0.25) is 0 Å². The molecule has 2 nitrogen and oxygen atoms in total. The van der Waals surface area contributed by atoms with Crippen LogP contribution in [0.4, 0.5) is 5.69 Å². The Morgan fingerprint density at radius 1 is 1.06 bits per heavy atom. The van der Waals surface area contributed by atoms with E-state index in [-0.39, 0.29) is 5.41 Å². The molecule has 0 atom stereocenters. The quantitative estimate of drug-likeness (QED) is 0.858. The Balaban J connectivity index is 2.14. The molecule has 96 valence electrons. The van der Waals surface area contributed by atoms with Crippen molar-refractivity contribution in [2.75, 3.05) is 5.32 Å². The highest BCUT2D eigenvalue weighted by Gasteiger charge is 2.17. The lowest BCUT2D eigenvalue weighted by molar-refractivity contribution is 0.490. The van der Waals surface area contributed by atoms with Crippen molar-refractivity contribution >= 4 is 5.69 Å². The number of furan rings is 1.